The Balaban J connectivity index is 2.01. The molecule has 2 rings (SSSR count). The maximum Gasteiger partial charge on any atom is 0.318 e. The van der Waals surface area contributed by atoms with E-state index in [2.05, 4.69) is 38.0 Å². The average Bonchev–Trinajstić information content (AvgIpc) is 3.14. The summed E-state index contributed by atoms with van der Waals surface area (Å²) in [5.41, 5.74) is 0. The predicted octanol–water partition coefficient (Wildman–Crippen LogP) is 3.99. The highest BCUT2D eigenvalue weighted by Crippen LogP contribution is 2.31. The molecule has 1 fully saturated rings. The minimum Gasteiger partial charge on any atom is -0.329 e. The summed E-state index contributed by atoms with van der Waals surface area (Å²) in [6, 6.07) is 0.729. The van der Waals surface area contributed by atoms with Crippen molar-refractivity contribution < 1.29 is 4.79 Å². The molecule has 0 saturated heterocycles. The van der Waals surface area contributed by atoms with Gasteiger partial charge < -0.3 is 10.2 Å². The number of nitrogens with one attached hydrogen (secondary N) is 1. The third-order valence-corrected chi connectivity index (χ3v) is 5.53. The van der Waals surface area contributed by atoms with E-state index in [-0.39, 0.29) is 18.1 Å². The topological polar surface area (TPSA) is 45.2 Å². The van der Waals surface area contributed by atoms with Crippen molar-refractivity contribution >= 4 is 17.4 Å². The van der Waals surface area contributed by atoms with E-state index in [4.69, 9.17) is 0 Å². The zero-order valence-corrected chi connectivity index (χ0v) is 14.5. The number of thiazole rings is 1. The van der Waals surface area contributed by atoms with Gasteiger partial charge in [0.2, 0.25) is 0 Å². The fourth-order valence-electron chi connectivity index (χ4n) is 2.36. The number of hydrogen-bond donors (Lipinski definition) is 1. The van der Waals surface area contributed by atoms with Crippen LogP contribution in [0.3, 0.4) is 0 Å². The Labute approximate surface area is 132 Å². The van der Waals surface area contributed by atoms with Gasteiger partial charge in [-0.2, -0.15) is 0 Å². The largest absolute Gasteiger partial charge is 0.329 e. The van der Waals surface area contributed by atoms with E-state index in [9.17, 15) is 4.79 Å². The summed E-state index contributed by atoms with van der Waals surface area (Å²) in [5.74, 6) is 0.471. The standard InChI is InChI=1S/C16H27N3OS/c1-6-14-9-17-15(21-14)11(4)18-16(20)19(13-7-8-13)12(5)10(2)3/h9-13H,6-8H2,1-5H3,(H,18,20)/t11-,12-/m0/s1. The molecule has 0 bridgehead atoms. The minimum absolute atomic E-state index is 0.0246. The molecule has 0 spiro atoms. The van der Waals surface area contributed by atoms with Crippen LogP contribution in [0.5, 0.6) is 0 Å². The van der Waals surface area contributed by atoms with Gasteiger partial charge in [-0.1, -0.05) is 20.8 Å². The second-order valence-corrected chi connectivity index (χ2v) is 7.46. The van der Waals surface area contributed by atoms with Crippen LogP contribution in [-0.2, 0) is 6.42 Å². The van der Waals surface area contributed by atoms with Gasteiger partial charge >= 0.3 is 6.03 Å². The second kappa shape index (κ2) is 6.77. The van der Waals surface area contributed by atoms with Crippen molar-refractivity contribution in [2.75, 3.05) is 0 Å². The summed E-state index contributed by atoms with van der Waals surface area (Å²) in [6.45, 7) is 10.6. The number of nitrogens with zero attached hydrogens (tertiary/aromatic N) is 2. The predicted molar refractivity (Wildman–Crippen MR) is 87.6 cm³/mol. The Hall–Kier alpha value is -1.10. The fourth-order valence-corrected chi connectivity index (χ4v) is 3.22. The molecule has 2 amide bonds. The monoisotopic (exact) mass is 309 g/mol. The van der Waals surface area contributed by atoms with Crippen molar-refractivity contribution in [1.29, 1.82) is 0 Å². The molecule has 1 aromatic rings. The van der Waals surface area contributed by atoms with E-state index in [0.717, 1.165) is 24.3 Å². The molecule has 21 heavy (non-hydrogen) atoms. The number of carbonyl (C=O) groups excluding carboxylic acids is 1. The number of carbonyl (C=O) groups is 1. The lowest BCUT2D eigenvalue weighted by Crippen LogP contribution is -2.48. The Morgan fingerprint density at radius 1 is 1.43 bits per heavy atom. The quantitative estimate of drug-likeness (QED) is 0.863. The molecule has 0 aromatic carbocycles. The van der Waals surface area contributed by atoms with Crippen molar-refractivity contribution in [3.63, 3.8) is 0 Å². The summed E-state index contributed by atoms with van der Waals surface area (Å²) in [5, 5.41) is 4.12. The van der Waals surface area contributed by atoms with Crippen LogP contribution in [-0.4, -0.2) is 28.0 Å². The van der Waals surface area contributed by atoms with E-state index >= 15 is 0 Å². The first kappa shape index (κ1) is 16.3. The third kappa shape index (κ3) is 3.96. The van der Waals surface area contributed by atoms with Crippen molar-refractivity contribution in [2.45, 2.75) is 72.0 Å². The summed E-state index contributed by atoms with van der Waals surface area (Å²) in [4.78, 5) is 20.3. The summed E-state index contributed by atoms with van der Waals surface area (Å²) < 4.78 is 0. The van der Waals surface area contributed by atoms with Gasteiger partial charge in [0.15, 0.2) is 0 Å². The van der Waals surface area contributed by atoms with Crippen LogP contribution in [0.15, 0.2) is 6.20 Å². The van der Waals surface area contributed by atoms with E-state index in [1.165, 1.54) is 4.88 Å². The Bertz CT molecular complexity index is 482. The van der Waals surface area contributed by atoms with Crippen LogP contribution in [0.1, 0.15) is 63.4 Å². The molecular formula is C16H27N3OS. The van der Waals surface area contributed by atoms with Crippen LogP contribution >= 0.6 is 11.3 Å². The molecule has 1 N–H and O–H groups in total. The highest BCUT2D eigenvalue weighted by molar-refractivity contribution is 7.11. The molecule has 1 aliphatic rings. The molecule has 1 aromatic heterocycles. The second-order valence-electron chi connectivity index (χ2n) is 6.31. The van der Waals surface area contributed by atoms with Crippen LogP contribution in [0.2, 0.25) is 0 Å². The average molecular weight is 309 g/mol. The molecule has 1 saturated carbocycles. The smallest absolute Gasteiger partial charge is 0.318 e. The first-order valence-electron chi connectivity index (χ1n) is 7.97. The molecular weight excluding hydrogens is 282 g/mol. The van der Waals surface area contributed by atoms with Gasteiger partial charge in [0.1, 0.15) is 5.01 Å². The van der Waals surface area contributed by atoms with Gasteiger partial charge in [0, 0.05) is 23.2 Å². The number of urea groups is 1. The molecule has 0 unspecified atom stereocenters. The van der Waals surface area contributed by atoms with Crippen LogP contribution in [0, 0.1) is 5.92 Å². The molecule has 118 valence electrons. The van der Waals surface area contributed by atoms with E-state index in [1.807, 2.05) is 18.0 Å². The van der Waals surface area contributed by atoms with Gasteiger partial charge in [0.25, 0.3) is 0 Å². The highest BCUT2D eigenvalue weighted by Gasteiger charge is 2.37. The lowest BCUT2D eigenvalue weighted by molar-refractivity contribution is 0.154. The van der Waals surface area contributed by atoms with Gasteiger partial charge in [-0.15, -0.1) is 11.3 Å². The molecule has 1 aliphatic carbocycles. The highest BCUT2D eigenvalue weighted by atomic mass is 32.1. The van der Waals surface area contributed by atoms with Crippen LogP contribution < -0.4 is 5.32 Å². The molecule has 0 radical (unpaired) electrons. The number of aromatic nitrogens is 1. The minimum atomic E-state index is -0.0246. The van der Waals surface area contributed by atoms with Crippen LogP contribution in [0.4, 0.5) is 4.79 Å². The molecule has 0 aliphatic heterocycles. The zero-order valence-electron chi connectivity index (χ0n) is 13.7. The van der Waals surface area contributed by atoms with Gasteiger partial charge in [0.05, 0.1) is 6.04 Å². The zero-order chi connectivity index (χ0) is 15.6. The Morgan fingerprint density at radius 3 is 2.57 bits per heavy atom. The van der Waals surface area contributed by atoms with Gasteiger partial charge in [-0.3, -0.25) is 0 Å². The number of hydrogen-bond acceptors (Lipinski definition) is 3. The van der Waals surface area contributed by atoms with E-state index in [1.54, 1.807) is 11.3 Å². The normalized spacial score (nSPS) is 17.6. The lowest BCUT2D eigenvalue weighted by Gasteiger charge is -2.33. The number of aryl methyl sites for hydroxylation is 1. The fraction of sp³-hybridized carbons (Fsp3) is 0.750. The van der Waals surface area contributed by atoms with E-state index < -0.39 is 0 Å². The van der Waals surface area contributed by atoms with Crippen LogP contribution in [0.25, 0.3) is 0 Å². The SMILES string of the molecule is CCc1cnc([C@H](C)NC(=O)N(C2CC2)[C@@H](C)C(C)C)s1. The Kier molecular flexibility index (Phi) is 5.25. The maximum atomic E-state index is 12.6. The molecule has 2 atom stereocenters. The summed E-state index contributed by atoms with van der Waals surface area (Å²) in [6.07, 6.45) is 5.18. The van der Waals surface area contributed by atoms with Crippen molar-refractivity contribution in [2.24, 2.45) is 5.92 Å². The first-order valence-corrected chi connectivity index (χ1v) is 8.79. The van der Waals surface area contributed by atoms with Gasteiger partial charge in [-0.25, -0.2) is 9.78 Å². The van der Waals surface area contributed by atoms with Crippen molar-refractivity contribution in [3.05, 3.63) is 16.1 Å². The van der Waals surface area contributed by atoms with E-state index in [0.29, 0.717) is 12.0 Å². The van der Waals surface area contributed by atoms with Crippen molar-refractivity contribution in [3.8, 4) is 0 Å². The first-order chi connectivity index (χ1) is 9.93. The van der Waals surface area contributed by atoms with Gasteiger partial charge in [-0.05, 0) is 39.0 Å². The molecule has 1 heterocycles. The van der Waals surface area contributed by atoms with Crippen molar-refractivity contribution in [1.82, 2.24) is 15.2 Å². The number of amides is 2. The molecule has 4 nitrogen and oxygen atoms in total. The lowest BCUT2D eigenvalue weighted by atomic mass is 10.0. The Morgan fingerprint density at radius 2 is 2.10 bits per heavy atom. The third-order valence-electron chi connectivity index (χ3n) is 4.21. The summed E-state index contributed by atoms with van der Waals surface area (Å²) >= 11 is 1.69. The molecule has 5 heteroatoms. The maximum absolute atomic E-state index is 12.6. The summed E-state index contributed by atoms with van der Waals surface area (Å²) in [7, 11) is 0. The number of rotatable bonds is 6.